The van der Waals surface area contributed by atoms with E-state index in [1.807, 2.05) is 25.3 Å². The van der Waals surface area contributed by atoms with Crippen molar-refractivity contribution in [3.63, 3.8) is 0 Å². The number of hydrogen-bond donors (Lipinski definition) is 1. The SMILES string of the molecule is COCCN(CCOC)c1ccc([C@@H](C)N)nc1. The van der Waals surface area contributed by atoms with E-state index in [1.165, 1.54) is 0 Å². The Kier molecular flexibility index (Phi) is 6.64. The Balaban J connectivity index is 2.70. The van der Waals surface area contributed by atoms with Crippen LogP contribution in [0.25, 0.3) is 0 Å². The highest BCUT2D eigenvalue weighted by molar-refractivity contribution is 5.44. The molecule has 0 radical (unpaired) electrons. The molecular formula is C13H23N3O2. The van der Waals surface area contributed by atoms with Gasteiger partial charge in [0.1, 0.15) is 0 Å². The third-order valence-electron chi connectivity index (χ3n) is 2.73. The van der Waals surface area contributed by atoms with Crippen LogP contribution in [0.15, 0.2) is 18.3 Å². The minimum atomic E-state index is -0.0366. The van der Waals surface area contributed by atoms with E-state index in [4.69, 9.17) is 15.2 Å². The van der Waals surface area contributed by atoms with Crippen LogP contribution < -0.4 is 10.6 Å². The van der Waals surface area contributed by atoms with E-state index in [2.05, 4.69) is 9.88 Å². The van der Waals surface area contributed by atoms with E-state index in [9.17, 15) is 0 Å². The van der Waals surface area contributed by atoms with Crippen LogP contribution in [0.1, 0.15) is 18.7 Å². The molecule has 0 aliphatic rings. The van der Waals surface area contributed by atoms with Crippen LogP contribution in [-0.2, 0) is 9.47 Å². The quantitative estimate of drug-likeness (QED) is 0.754. The lowest BCUT2D eigenvalue weighted by atomic mass is 10.2. The number of ether oxygens (including phenoxy) is 2. The number of anilines is 1. The highest BCUT2D eigenvalue weighted by Gasteiger charge is 2.07. The Morgan fingerprint density at radius 2 is 1.83 bits per heavy atom. The highest BCUT2D eigenvalue weighted by Crippen LogP contribution is 2.15. The molecule has 0 aliphatic carbocycles. The molecule has 18 heavy (non-hydrogen) atoms. The summed E-state index contributed by atoms with van der Waals surface area (Å²) in [6, 6.07) is 3.97. The normalized spacial score (nSPS) is 12.4. The molecule has 0 amide bonds. The molecule has 0 bridgehead atoms. The average molecular weight is 253 g/mol. The molecular weight excluding hydrogens is 230 g/mol. The lowest BCUT2D eigenvalue weighted by Crippen LogP contribution is -2.30. The van der Waals surface area contributed by atoms with Crippen molar-refractivity contribution in [3.8, 4) is 0 Å². The Bertz CT molecular complexity index is 320. The second kappa shape index (κ2) is 8.02. The first-order chi connectivity index (χ1) is 8.69. The van der Waals surface area contributed by atoms with Crippen molar-refractivity contribution < 1.29 is 9.47 Å². The monoisotopic (exact) mass is 253 g/mol. The summed E-state index contributed by atoms with van der Waals surface area (Å²) in [6.07, 6.45) is 1.85. The standard InChI is InChI=1S/C13H23N3O2/c1-11(14)13-5-4-12(10-15-13)16(6-8-17-2)7-9-18-3/h4-5,10-11H,6-9,14H2,1-3H3/t11-/m1/s1. The second-order valence-electron chi connectivity index (χ2n) is 4.20. The van der Waals surface area contributed by atoms with Gasteiger partial charge in [-0.15, -0.1) is 0 Å². The van der Waals surface area contributed by atoms with Gasteiger partial charge in [0.15, 0.2) is 0 Å². The molecule has 0 unspecified atom stereocenters. The van der Waals surface area contributed by atoms with E-state index >= 15 is 0 Å². The molecule has 1 heterocycles. The lowest BCUT2D eigenvalue weighted by molar-refractivity contribution is 0.190. The number of aromatic nitrogens is 1. The molecule has 1 aromatic heterocycles. The van der Waals surface area contributed by atoms with E-state index in [1.54, 1.807) is 14.2 Å². The fourth-order valence-electron chi connectivity index (χ4n) is 1.63. The first kappa shape index (κ1) is 14.9. The number of pyridine rings is 1. The molecule has 1 atom stereocenters. The summed E-state index contributed by atoms with van der Waals surface area (Å²) >= 11 is 0. The molecule has 0 saturated carbocycles. The van der Waals surface area contributed by atoms with E-state index in [-0.39, 0.29) is 6.04 Å². The van der Waals surface area contributed by atoms with Gasteiger partial charge < -0.3 is 20.1 Å². The third kappa shape index (κ3) is 4.60. The maximum Gasteiger partial charge on any atom is 0.0637 e. The second-order valence-corrected chi connectivity index (χ2v) is 4.20. The fourth-order valence-corrected chi connectivity index (χ4v) is 1.63. The van der Waals surface area contributed by atoms with Gasteiger partial charge in [-0.3, -0.25) is 4.98 Å². The van der Waals surface area contributed by atoms with Crippen molar-refractivity contribution >= 4 is 5.69 Å². The van der Waals surface area contributed by atoms with E-state index < -0.39 is 0 Å². The molecule has 0 saturated heterocycles. The molecule has 5 heteroatoms. The maximum atomic E-state index is 5.78. The van der Waals surface area contributed by atoms with Crippen molar-refractivity contribution in [2.75, 3.05) is 45.4 Å². The average Bonchev–Trinajstić information content (AvgIpc) is 2.39. The largest absolute Gasteiger partial charge is 0.383 e. The maximum absolute atomic E-state index is 5.78. The Hall–Kier alpha value is -1.17. The van der Waals surface area contributed by atoms with Gasteiger partial charge in [-0.2, -0.15) is 0 Å². The summed E-state index contributed by atoms with van der Waals surface area (Å²) in [4.78, 5) is 6.55. The van der Waals surface area contributed by atoms with Crippen molar-refractivity contribution in [2.24, 2.45) is 5.73 Å². The topological polar surface area (TPSA) is 60.6 Å². The molecule has 5 nitrogen and oxygen atoms in total. The molecule has 0 aliphatic heterocycles. The van der Waals surface area contributed by atoms with Crippen molar-refractivity contribution in [1.29, 1.82) is 0 Å². The number of nitrogens with zero attached hydrogens (tertiary/aromatic N) is 2. The zero-order valence-electron chi connectivity index (χ0n) is 11.4. The van der Waals surface area contributed by atoms with Crippen molar-refractivity contribution in [2.45, 2.75) is 13.0 Å². The molecule has 1 rings (SSSR count). The molecule has 102 valence electrons. The van der Waals surface area contributed by atoms with Crippen LogP contribution >= 0.6 is 0 Å². The Morgan fingerprint density at radius 1 is 1.22 bits per heavy atom. The summed E-state index contributed by atoms with van der Waals surface area (Å²) in [5, 5.41) is 0. The van der Waals surface area contributed by atoms with Gasteiger partial charge in [0.05, 0.1) is 30.8 Å². The van der Waals surface area contributed by atoms with Crippen LogP contribution in [0.3, 0.4) is 0 Å². The molecule has 2 N–H and O–H groups in total. The predicted octanol–water partition coefficient (Wildman–Crippen LogP) is 1.20. The summed E-state index contributed by atoms with van der Waals surface area (Å²) in [7, 11) is 3.40. The Labute approximate surface area is 109 Å². The first-order valence-corrected chi connectivity index (χ1v) is 6.13. The number of rotatable bonds is 8. The van der Waals surface area contributed by atoms with E-state index in [0.717, 1.165) is 24.5 Å². The van der Waals surface area contributed by atoms with Gasteiger partial charge in [0, 0.05) is 33.4 Å². The number of hydrogen-bond acceptors (Lipinski definition) is 5. The third-order valence-corrected chi connectivity index (χ3v) is 2.73. The van der Waals surface area contributed by atoms with Crippen molar-refractivity contribution in [1.82, 2.24) is 4.98 Å². The van der Waals surface area contributed by atoms with Crippen LogP contribution in [0.4, 0.5) is 5.69 Å². The Morgan fingerprint density at radius 3 is 2.22 bits per heavy atom. The minimum absolute atomic E-state index is 0.0366. The number of nitrogens with two attached hydrogens (primary N) is 1. The first-order valence-electron chi connectivity index (χ1n) is 6.13. The molecule has 0 spiro atoms. The van der Waals surface area contributed by atoms with Gasteiger partial charge in [-0.1, -0.05) is 0 Å². The summed E-state index contributed by atoms with van der Waals surface area (Å²) in [6.45, 7) is 4.92. The number of methoxy groups -OCH3 is 2. The van der Waals surface area contributed by atoms with E-state index in [0.29, 0.717) is 13.2 Å². The molecule has 0 aromatic carbocycles. The zero-order chi connectivity index (χ0) is 13.4. The van der Waals surface area contributed by atoms with Gasteiger partial charge >= 0.3 is 0 Å². The highest BCUT2D eigenvalue weighted by atomic mass is 16.5. The fraction of sp³-hybridized carbons (Fsp3) is 0.615. The summed E-state index contributed by atoms with van der Waals surface area (Å²) < 4.78 is 10.2. The van der Waals surface area contributed by atoms with Gasteiger partial charge in [-0.05, 0) is 19.1 Å². The van der Waals surface area contributed by atoms with Crippen LogP contribution in [0.2, 0.25) is 0 Å². The summed E-state index contributed by atoms with van der Waals surface area (Å²) in [5.41, 5.74) is 7.75. The van der Waals surface area contributed by atoms with Crippen LogP contribution in [0, 0.1) is 0 Å². The van der Waals surface area contributed by atoms with Gasteiger partial charge in [0.25, 0.3) is 0 Å². The summed E-state index contributed by atoms with van der Waals surface area (Å²) in [5.74, 6) is 0. The minimum Gasteiger partial charge on any atom is -0.383 e. The molecule has 0 fully saturated rings. The molecule has 1 aromatic rings. The lowest BCUT2D eigenvalue weighted by Gasteiger charge is -2.24. The zero-order valence-corrected chi connectivity index (χ0v) is 11.4. The van der Waals surface area contributed by atoms with Crippen LogP contribution in [-0.4, -0.2) is 45.5 Å². The van der Waals surface area contributed by atoms with Gasteiger partial charge in [-0.25, -0.2) is 0 Å². The van der Waals surface area contributed by atoms with Gasteiger partial charge in [0.2, 0.25) is 0 Å². The predicted molar refractivity (Wildman–Crippen MR) is 72.8 cm³/mol. The van der Waals surface area contributed by atoms with Crippen molar-refractivity contribution in [3.05, 3.63) is 24.0 Å². The van der Waals surface area contributed by atoms with Crippen LogP contribution in [0.5, 0.6) is 0 Å². The smallest absolute Gasteiger partial charge is 0.0637 e.